The van der Waals surface area contributed by atoms with Crippen LogP contribution in [0.15, 0.2) is 59.0 Å². The van der Waals surface area contributed by atoms with Crippen molar-refractivity contribution in [1.82, 2.24) is 0 Å². The van der Waals surface area contributed by atoms with E-state index in [0.717, 1.165) is 11.6 Å². The molecular formula is C17H10F2O2. The van der Waals surface area contributed by atoms with Crippen LogP contribution in [0, 0.1) is 11.6 Å². The quantitative estimate of drug-likeness (QED) is 0.652. The molecule has 0 fully saturated rings. The third-order valence-corrected chi connectivity index (χ3v) is 3.15. The molecule has 1 heterocycles. The van der Waals surface area contributed by atoms with Crippen molar-refractivity contribution in [3.05, 3.63) is 72.0 Å². The molecule has 3 rings (SSSR count). The van der Waals surface area contributed by atoms with Crippen LogP contribution >= 0.6 is 0 Å². The summed E-state index contributed by atoms with van der Waals surface area (Å²) in [4.78, 5) is 10.6. The zero-order valence-electron chi connectivity index (χ0n) is 10.8. The minimum Gasteiger partial charge on any atom is -0.453 e. The lowest BCUT2D eigenvalue weighted by Crippen LogP contribution is -1.86. The van der Waals surface area contributed by atoms with E-state index in [0.29, 0.717) is 23.2 Å². The molecule has 21 heavy (non-hydrogen) atoms. The van der Waals surface area contributed by atoms with Crippen LogP contribution in [0.4, 0.5) is 8.78 Å². The summed E-state index contributed by atoms with van der Waals surface area (Å²) in [5, 5.41) is 0. The van der Waals surface area contributed by atoms with Crippen LogP contribution in [0.25, 0.3) is 22.5 Å². The fourth-order valence-corrected chi connectivity index (χ4v) is 2.11. The molecule has 4 heteroatoms. The number of furan rings is 1. The average molecular weight is 284 g/mol. The third kappa shape index (κ3) is 2.60. The van der Waals surface area contributed by atoms with E-state index in [2.05, 4.69) is 0 Å². The highest BCUT2D eigenvalue weighted by molar-refractivity contribution is 5.73. The first-order valence-corrected chi connectivity index (χ1v) is 6.28. The molecule has 0 N–H and O–H groups in total. The molecule has 3 aromatic rings. The van der Waals surface area contributed by atoms with Crippen molar-refractivity contribution in [2.45, 2.75) is 0 Å². The van der Waals surface area contributed by atoms with Crippen molar-refractivity contribution >= 4 is 6.29 Å². The Labute approximate surface area is 119 Å². The third-order valence-electron chi connectivity index (χ3n) is 3.15. The van der Waals surface area contributed by atoms with Crippen molar-refractivity contribution in [3.63, 3.8) is 0 Å². The van der Waals surface area contributed by atoms with Gasteiger partial charge in [-0.2, -0.15) is 0 Å². The second kappa shape index (κ2) is 5.32. The Morgan fingerprint density at radius 3 is 2.19 bits per heavy atom. The summed E-state index contributed by atoms with van der Waals surface area (Å²) in [6, 6.07) is 13.7. The normalized spacial score (nSPS) is 10.6. The van der Waals surface area contributed by atoms with Crippen molar-refractivity contribution in [2.75, 3.05) is 0 Å². The zero-order chi connectivity index (χ0) is 14.8. The summed E-state index contributed by atoms with van der Waals surface area (Å²) < 4.78 is 31.9. The molecule has 0 aliphatic rings. The number of rotatable bonds is 3. The molecule has 0 saturated carbocycles. The Morgan fingerprint density at radius 2 is 1.57 bits per heavy atom. The summed E-state index contributed by atoms with van der Waals surface area (Å²) in [6.45, 7) is 0. The van der Waals surface area contributed by atoms with E-state index in [1.807, 2.05) is 0 Å². The number of carbonyl (C=O) groups is 1. The highest BCUT2D eigenvalue weighted by atomic mass is 19.1. The van der Waals surface area contributed by atoms with Crippen molar-refractivity contribution in [1.29, 1.82) is 0 Å². The molecule has 0 aliphatic heterocycles. The Balaban J connectivity index is 1.95. The molecule has 0 atom stereocenters. The van der Waals surface area contributed by atoms with Crippen LogP contribution in [-0.2, 0) is 0 Å². The number of benzene rings is 2. The van der Waals surface area contributed by atoms with E-state index in [-0.39, 0.29) is 5.76 Å². The SMILES string of the molecule is O=Cc1ccc(-c2ccc(-c3ccc(F)cc3F)cc2)o1. The first-order chi connectivity index (χ1) is 10.2. The predicted molar refractivity (Wildman–Crippen MR) is 74.9 cm³/mol. The lowest BCUT2D eigenvalue weighted by atomic mass is 10.0. The number of hydrogen-bond donors (Lipinski definition) is 0. The van der Waals surface area contributed by atoms with Crippen LogP contribution in [0.3, 0.4) is 0 Å². The standard InChI is InChI=1S/C17H10F2O2/c18-13-5-7-15(16(19)9-13)11-1-3-12(4-2-11)17-8-6-14(10-20)21-17/h1-10H. The van der Waals surface area contributed by atoms with Gasteiger partial charge in [-0.25, -0.2) is 8.78 Å². The summed E-state index contributed by atoms with van der Waals surface area (Å²) in [7, 11) is 0. The molecule has 0 spiro atoms. The van der Waals surface area contributed by atoms with Crippen LogP contribution in [0.2, 0.25) is 0 Å². The molecule has 0 saturated heterocycles. The van der Waals surface area contributed by atoms with Crippen molar-refractivity contribution in [3.8, 4) is 22.5 Å². The Bertz CT molecular complexity index is 789. The van der Waals surface area contributed by atoms with Gasteiger partial charge in [-0.1, -0.05) is 24.3 Å². The van der Waals surface area contributed by atoms with Gasteiger partial charge in [0.25, 0.3) is 0 Å². The predicted octanol–water partition coefficient (Wildman–Crippen LogP) is 4.70. The number of halogens is 2. The largest absolute Gasteiger partial charge is 0.453 e. The van der Waals surface area contributed by atoms with E-state index < -0.39 is 11.6 Å². The topological polar surface area (TPSA) is 30.2 Å². The van der Waals surface area contributed by atoms with Gasteiger partial charge in [0.2, 0.25) is 0 Å². The van der Waals surface area contributed by atoms with Gasteiger partial charge >= 0.3 is 0 Å². The highest BCUT2D eigenvalue weighted by Crippen LogP contribution is 2.27. The van der Waals surface area contributed by atoms with Gasteiger partial charge in [-0.05, 0) is 29.8 Å². The first kappa shape index (κ1) is 13.2. The fraction of sp³-hybridized carbons (Fsp3) is 0. The lowest BCUT2D eigenvalue weighted by Gasteiger charge is -2.04. The lowest BCUT2D eigenvalue weighted by molar-refractivity contribution is 0.110. The Kier molecular flexibility index (Phi) is 3.36. The smallest absolute Gasteiger partial charge is 0.185 e. The summed E-state index contributed by atoms with van der Waals surface area (Å²) in [5.74, 6) is -0.407. The Morgan fingerprint density at radius 1 is 0.857 bits per heavy atom. The van der Waals surface area contributed by atoms with Crippen LogP contribution in [0.1, 0.15) is 10.6 Å². The molecule has 2 nitrogen and oxygen atoms in total. The van der Waals surface area contributed by atoms with Crippen molar-refractivity contribution < 1.29 is 18.0 Å². The molecule has 0 bridgehead atoms. The van der Waals surface area contributed by atoms with Crippen LogP contribution < -0.4 is 0 Å². The summed E-state index contributed by atoms with van der Waals surface area (Å²) in [5.41, 5.74) is 1.74. The average Bonchev–Trinajstić information content (AvgIpc) is 2.96. The number of aldehydes is 1. The van der Waals surface area contributed by atoms with Gasteiger partial charge in [0.05, 0.1) is 0 Å². The minimum absolute atomic E-state index is 0.249. The van der Waals surface area contributed by atoms with Gasteiger partial charge in [-0.3, -0.25) is 4.79 Å². The van der Waals surface area contributed by atoms with E-state index in [4.69, 9.17) is 4.42 Å². The zero-order valence-corrected chi connectivity index (χ0v) is 10.8. The second-order valence-electron chi connectivity index (χ2n) is 4.52. The van der Waals surface area contributed by atoms with E-state index in [1.54, 1.807) is 36.4 Å². The van der Waals surface area contributed by atoms with Gasteiger partial charge in [0.15, 0.2) is 12.0 Å². The molecule has 0 amide bonds. The molecule has 0 radical (unpaired) electrons. The van der Waals surface area contributed by atoms with Crippen LogP contribution in [-0.4, -0.2) is 6.29 Å². The first-order valence-electron chi connectivity index (χ1n) is 6.28. The van der Waals surface area contributed by atoms with Crippen LogP contribution in [0.5, 0.6) is 0 Å². The molecule has 2 aromatic carbocycles. The molecule has 1 aromatic heterocycles. The van der Waals surface area contributed by atoms with Gasteiger partial charge in [0.1, 0.15) is 17.4 Å². The van der Waals surface area contributed by atoms with Crippen molar-refractivity contribution in [2.24, 2.45) is 0 Å². The van der Waals surface area contributed by atoms with E-state index in [1.165, 1.54) is 12.1 Å². The minimum atomic E-state index is -0.607. The second-order valence-corrected chi connectivity index (χ2v) is 4.52. The maximum Gasteiger partial charge on any atom is 0.185 e. The number of carbonyl (C=O) groups excluding carboxylic acids is 1. The Hall–Kier alpha value is -2.75. The van der Waals surface area contributed by atoms with E-state index >= 15 is 0 Å². The molecule has 0 aliphatic carbocycles. The maximum absolute atomic E-state index is 13.7. The molecule has 104 valence electrons. The monoisotopic (exact) mass is 284 g/mol. The van der Waals surface area contributed by atoms with Gasteiger partial charge in [0, 0.05) is 17.2 Å². The molecule has 0 unspecified atom stereocenters. The van der Waals surface area contributed by atoms with E-state index in [9.17, 15) is 13.6 Å². The number of hydrogen-bond acceptors (Lipinski definition) is 2. The fourth-order valence-electron chi connectivity index (χ4n) is 2.11. The molecular weight excluding hydrogens is 274 g/mol. The highest BCUT2D eigenvalue weighted by Gasteiger charge is 2.08. The maximum atomic E-state index is 13.7. The van der Waals surface area contributed by atoms with Gasteiger partial charge < -0.3 is 4.42 Å². The summed E-state index contributed by atoms with van der Waals surface area (Å²) >= 11 is 0. The van der Waals surface area contributed by atoms with Gasteiger partial charge in [-0.15, -0.1) is 0 Å². The summed E-state index contributed by atoms with van der Waals surface area (Å²) in [6.07, 6.45) is 0.631.